The van der Waals surface area contributed by atoms with E-state index in [1.165, 1.54) is 116 Å². The molecule has 8 aliphatic carbocycles. The molecule has 0 aromatic carbocycles. The summed E-state index contributed by atoms with van der Waals surface area (Å²) in [6.45, 7) is 33.6. The van der Waals surface area contributed by atoms with Gasteiger partial charge in [-0.3, -0.25) is 19.2 Å². The van der Waals surface area contributed by atoms with Gasteiger partial charge < -0.3 is 37.9 Å². The third kappa shape index (κ3) is 26.9. The molecule has 12 nitrogen and oxygen atoms in total. The van der Waals surface area contributed by atoms with Crippen LogP contribution >= 0.6 is 0 Å². The molecule has 0 aromatic rings. The molecule has 0 aromatic heterocycles. The summed E-state index contributed by atoms with van der Waals surface area (Å²) in [5.74, 6) is 5.40. The molecule has 8 rings (SSSR count). The van der Waals surface area contributed by atoms with E-state index in [9.17, 15) is 19.2 Å². The lowest BCUT2D eigenvalue weighted by Gasteiger charge is -2.60. The molecule has 0 N–H and O–H groups in total. The third-order valence-corrected chi connectivity index (χ3v) is 20.3. The van der Waals surface area contributed by atoms with Crippen molar-refractivity contribution in [3.63, 3.8) is 0 Å². The highest BCUT2D eigenvalue weighted by molar-refractivity contribution is 5.77. The van der Waals surface area contributed by atoms with E-state index in [2.05, 4.69) is 20.8 Å². The average molecular weight is 1190 g/mol. The second-order valence-electron chi connectivity index (χ2n) is 28.1. The summed E-state index contributed by atoms with van der Waals surface area (Å²) < 4.78 is 43.2. The van der Waals surface area contributed by atoms with Crippen molar-refractivity contribution in [2.75, 3.05) is 53.6 Å². The van der Waals surface area contributed by atoms with Gasteiger partial charge in [0.1, 0.15) is 0 Å². The maximum atomic E-state index is 12.0. The SMILES string of the molecule is C.C.C.C.C.C.C.C.CCC(C)(C)C(=O)OCOCC1(C)C2CC3CC(C2)CC1C3.CCC(C)(C)C(=O)OCOCC1(C)CC2CCC1C2.CCC(C)(C)C(=O)OCOCC1(C)CCCCC1.CCC(C)(C)C(=O)OCOCC1CCCC1. The molecule has 0 aliphatic heterocycles. The molecule has 6 bridgehead atoms. The first-order valence-corrected chi connectivity index (χ1v) is 30.2. The molecular formula is C71H144O12. The van der Waals surface area contributed by atoms with Gasteiger partial charge in [0.25, 0.3) is 0 Å². The Hall–Kier alpha value is -2.28. The van der Waals surface area contributed by atoms with Crippen molar-refractivity contribution in [3.05, 3.63) is 0 Å². The van der Waals surface area contributed by atoms with Gasteiger partial charge >= 0.3 is 23.9 Å². The minimum Gasteiger partial charge on any atom is -0.438 e. The molecule has 0 spiro atoms. The van der Waals surface area contributed by atoms with E-state index in [1.54, 1.807) is 0 Å². The van der Waals surface area contributed by atoms with Crippen LogP contribution in [0.25, 0.3) is 0 Å². The Balaban J connectivity index is -0.000000318. The second kappa shape index (κ2) is 40.3. The van der Waals surface area contributed by atoms with E-state index >= 15 is 0 Å². The quantitative estimate of drug-likeness (QED) is 0.0393. The highest BCUT2D eigenvalue weighted by atomic mass is 16.7. The molecule has 500 valence electrons. The van der Waals surface area contributed by atoms with Gasteiger partial charge in [0, 0.05) is 0 Å². The number of hydrogen-bond donors (Lipinski definition) is 0. The van der Waals surface area contributed by atoms with Gasteiger partial charge in [0.15, 0.2) is 27.2 Å². The normalized spacial score (nSPS) is 26.0. The average Bonchev–Trinajstić information content (AvgIpc) is 4.16. The summed E-state index contributed by atoms with van der Waals surface area (Å²) in [6, 6.07) is 0. The standard InChI is InChI=1S/C19H32O3.C16H28O3.C15H28O3.C13H24O3.8CH4/c1-5-18(2,3)17(20)22-12-21-11-19(4)15-7-13-6-14(9-15)10-16(19)8-13;1-5-15(2,3)14(17)19-11-18-10-16(4)9-12-6-7-13(16)8-12;1-5-14(2,3)13(16)18-12-17-11-15(4)9-7-6-8-10-15;1-4-13(2,3)12(14)16-10-15-9-11-7-5-6-8-11;;;;;;;;/h13-16H,5-12H2,1-4H3;12-13H,5-11H2,1-4H3;5-12H2,1-4H3;11H,4-10H2,1-3H3;8*1H4. The van der Waals surface area contributed by atoms with E-state index in [-0.39, 0.29) is 116 Å². The fourth-order valence-electron chi connectivity index (χ4n) is 12.9. The number of ether oxygens (including phenoxy) is 8. The summed E-state index contributed by atoms with van der Waals surface area (Å²) in [4.78, 5) is 47.1. The highest BCUT2D eigenvalue weighted by Crippen LogP contribution is 2.62. The van der Waals surface area contributed by atoms with Crippen LogP contribution in [0.15, 0.2) is 0 Å². The zero-order valence-corrected chi connectivity index (χ0v) is 50.7. The lowest BCUT2D eigenvalue weighted by atomic mass is 9.46. The van der Waals surface area contributed by atoms with Crippen molar-refractivity contribution in [1.82, 2.24) is 0 Å². The summed E-state index contributed by atoms with van der Waals surface area (Å²) in [7, 11) is 0. The molecule has 0 amide bonds. The van der Waals surface area contributed by atoms with Gasteiger partial charge in [0.05, 0.1) is 48.1 Å². The lowest BCUT2D eigenvalue weighted by Crippen LogP contribution is -2.53. The van der Waals surface area contributed by atoms with Crippen LogP contribution in [0, 0.1) is 79.3 Å². The Morgan fingerprint density at radius 2 is 0.747 bits per heavy atom. The number of hydrogen-bond acceptors (Lipinski definition) is 12. The number of carbonyl (C=O) groups is 4. The van der Waals surface area contributed by atoms with Crippen molar-refractivity contribution in [3.8, 4) is 0 Å². The number of fused-ring (bicyclic) bond motifs is 2. The Kier molecular flexibility index (Phi) is 43.4. The van der Waals surface area contributed by atoms with Crippen molar-refractivity contribution < 1.29 is 57.1 Å². The Bertz CT molecular complexity index is 1710. The van der Waals surface area contributed by atoms with Crippen LogP contribution in [-0.2, 0) is 57.1 Å². The smallest absolute Gasteiger partial charge is 0.313 e. The minimum absolute atomic E-state index is 0. The predicted octanol–water partition coefficient (Wildman–Crippen LogP) is 20.3. The molecule has 83 heavy (non-hydrogen) atoms. The summed E-state index contributed by atoms with van der Waals surface area (Å²) in [5, 5.41) is 0. The lowest BCUT2D eigenvalue weighted by molar-refractivity contribution is -0.181. The number of rotatable bonds is 24. The van der Waals surface area contributed by atoms with Gasteiger partial charge in [-0.1, -0.05) is 146 Å². The van der Waals surface area contributed by atoms with Crippen LogP contribution in [0.5, 0.6) is 0 Å². The van der Waals surface area contributed by atoms with Gasteiger partial charge in [0.2, 0.25) is 0 Å². The maximum absolute atomic E-state index is 12.0. The molecule has 8 saturated carbocycles. The molecule has 12 heteroatoms. The van der Waals surface area contributed by atoms with Crippen LogP contribution in [0.3, 0.4) is 0 Å². The molecule has 0 radical (unpaired) electrons. The molecule has 8 fully saturated rings. The molecule has 3 unspecified atom stereocenters. The van der Waals surface area contributed by atoms with Crippen LogP contribution in [0.1, 0.15) is 305 Å². The highest BCUT2D eigenvalue weighted by Gasteiger charge is 2.55. The summed E-state index contributed by atoms with van der Waals surface area (Å²) >= 11 is 0. The van der Waals surface area contributed by atoms with Crippen molar-refractivity contribution in [1.29, 1.82) is 0 Å². The molecular weight excluding hydrogens is 1040 g/mol. The number of carbonyl (C=O) groups excluding carboxylic acids is 4. The minimum atomic E-state index is -0.407. The fourth-order valence-corrected chi connectivity index (χ4v) is 12.9. The van der Waals surface area contributed by atoms with Gasteiger partial charge in [-0.25, -0.2) is 0 Å². The third-order valence-electron chi connectivity index (χ3n) is 20.3. The summed E-state index contributed by atoms with van der Waals surface area (Å²) in [5.41, 5.74) is -0.703. The van der Waals surface area contributed by atoms with E-state index in [1.807, 2.05) is 83.1 Å². The van der Waals surface area contributed by atoms with Crippen LogP contribution < -0.4 is 0 Å². The Morgan fingerprint density at radius 3 is 1.10 bits per heavy atom. The van der Waals surface area contributed by atoms with Crippen LogP contribution in [-0.4, -0.2) is 77.5 Å². The van der Waals surface area contributed by atoms with Crippen molar-refractivity contribution >= 4 is 23.9 Å². The first-order valence-electron chi connectivity index (χ1n) is 30.2. The van der Waals surface area contributed by atoms with E-state index in [4.69, 9.17) is 37.9 Å². The molecule has 0 heterocycles. The first-order chi connectivity index (χ1) is 35.2. The molecule has 0 saturated heterocycles. The largest absolute Gasteiger partial charge is 0.438 e. The van der Waals surface area contributed by atoms with E-state index in [0.29, 0.717) is 23.4 Å². The molecule has 8 aliphatic rings. The maximum Gasteiger partial charge on any atom is 0.313 e. The topological polar surface area (TPSA) is 142 Å². The Labute approximate surface area is 516 Å². The van der Waals surface area contributed by atoms with E-state index < -0.39 is 21.7 Å². The molecule has 3 atom stereocenters. The zero-order chi connectivity index (χ0) is 55.7. The second-order valence-corrected chi connectivity index (χ2v) is 28.1. The fraction of sp³-hybridized carbons (Fsp3) is 0.944. The zero-order valence-electron chi connectivity index (χ0n) is 50.7. The van der Waals surface area contributed by atoms with Crippen molar-refractivity contribution in [2.45, 2.75) is 305 Å². The Morgan fingerprint density at radius 1 is 0.398 bits per heavy atom. The first kappa shape index (κ1) is 89.5. The van der Waals surface area contributed by atoms with E-state index in [0.717, 1.165) is 81.0 Å². The van der Waals surface area contributed by atoms with Gasteiger partial charge in [-0.2, -0.15) is 0 Å². The van der Waals surface area contributed by atoms with Crippen molar-refractivity contribution in [2.24, 2.45) is 79.3 Å². The summed E-state index contributed by atoms with van der Waals surface area (Å²) in [6.07, 6.45) is 27.2. The van der Waals surface area contributed by atoms with Gasteiger partial charge in [-0.15, -0.1) is 0 Å². The predicted molar refractivity (Wildman–Crippen MR) is 350 cm³/mol. The van der Waals surface area contributed by atoms with Gasteiger partial charge in [-0.05, 0) is 216 Å². The monoisotopic (exact) mass is 1190 g/mol. The van der Waals surface area contributed by atoms with Crippen LogP contribution in [0.2, 0.25) is 0 Å². The number of esters is 4. The van der Waals surface area contributed by atoms with Crippen LogP contribution in [0.4, 0.5) is 0 Å².